The van der Waals surface area contributed by atoms with E-state index in [0.29, 0.717) is 13.0 Å². The average molecular weight is 241 g/mol. The summed E-state index contributed by atoms with van der Waals surface area (Å²) < 4.78 is 0. The number of rotatable bonds is 6. The van der Waals surface area contributed by atoms with E-state index >= 15 is 0 Å². The maximum Gasteiger partial charge on any atom is 0.321 e. The monoisotopic (exact) mass is 241 g/mol. The van der Waals surface area contributed by atoms with Crippen molar-refractivity contribution in [3.8, 4) is 0 Å². The van der Waals surface area contributed by atoms with Gasteiger partial charge in [-0.3, -0.25) is 10.1 Å². The van der Waals surface area contributed by atoms with Crippen LogP contribution in [-0.2, 0) is 11.2 Å². The lowest BCUT2D eigenvalue weighted by molar-refractivity contribution is -0.139. The van der Waals surface area contributed by atoms with Gasteiger partial charge in [-0.15, -0.1) is 5.73 Å². The summed E-state index contributed by atoms with van der Waals surface area (Å²) in [6.07, 6.45) is 6.12. The van der Waals surface area contributed by atoms with Crippen molar-refractivity contribution in [2.24, 2.45) is 0 Å². The van der Waals surface area contributed by atoms with Crippen molar-refractivity contribution < 1.29 is 9.90 Å². The Kier molecular flexibility index (Phi) is 4.13. The maximum absolute atomic E-state index is 11.2. The zero-order valence-corrected chi connectivity index (χ0v) is 9.97. The third kappa shape index (κ3) is 3.45. The summed E-state index contributed by atoms with van der Waals surface area (Å²) in [5, 5.41) is 12.2. The lowest BCUT2D eigenvalue weighted by atomic mass is 10.1. The minimum Gasteiger partial charge on any atom is -0.480 e. The van der Waals surface area contributed by atoms with E-state index < -0.39 is 12.0 Å². The summed E-state index contributed by atoms with van der Waals surface area (Å²) in [6.45, 7) is 0.525. The van der Waals surface area contributed by atoms with Crippen LogP contribution in [0.25, 0.3) is 0 Å². The van der Waals surface area contributed by atoms with Crippen molar-refractivity contribution in [1.82, 2.24) is 5.32 Å². The van der Waals surface area contributed by atoms with E-state index in [1.54, 1.807) is 0 Å². The van der Waals surface area contributed by atoms with E-state index in [9.17, 15) is 9.90 Å². The van der Waals surface area contributed by atoms with Crippen LogP contribution < -0.4 is 5.32 Å². The minimum atomic E-state index is -0.828. The molecular formula is C15H15NO2. The van der Waals surface area contributed by atoms with E-state index in [1.807, 2.05) is 48.6 Å². The fraction of sp³-hybridized carbons (Fsp3) is 0.200. The number of carboxylic acids is 1. The van der Waals surface area contributed by atoms with Gasteiger partial charge in [0, 0.05) is 12.1 Å². The van der Waals surface area contributed by atoms with Crippen LogP contribution in [0, 0.1) is 0 Å². The van der Waals surface area contributed by atoms with E-state index in [2.05, 4.69) is 11.0 Å². The Labute approximate surface area is 106 Å². The van der Waals surface area contributed by atoms with Gasteiger partial charge in [-0.1, -0.05) is 36.4 Å². The van der Waals surface area contributed by atoms with Crippen LogP contribution >= 0.6 is 0 Å². The Hall–Kier alpha value is -2.09. The molecule has 1 atom stereocenters. The number of allylic oxidation sites excluding steroid dienone is 1. The van der Waals surface area contributed by atoms with Crippen molar-refractivity contribution in [2.75, 3.05) is 6.54 Å². The SMILES string of the molecule is O=C(O)[C@H](Cc1ccccc1)NCC1=C=CC=C1. The number of aliphatic carboxylic acids is 1. The van der Waals surface area contributed by atoms with Crippen LogP contribution in [0.2, 0.25) is 0 Å². The fourth-order valence-corrected chi connectivity index (χ4v) is 1.81. The Morgan fingerprint density at radius 2 is 2.11 bits per heavy atom. The van der Waals surface area contributed by atoms with Gasteiger partial charge in [-0.25, -0.2) is 0 Å². The van der Waals surface area contributed by atoms with Gasteiger partial charge in [-0.05, 0) is 24.1 Å². The van der Waals surface area contributed by atoms with E-state index in [-0.39, 0.29) is 0 Å². The second kappa shape index (κ2) is 6.01. The summed E-state index contributed by atoms with van der Waals surface area (Å²) in [6, 6.07) is 9.05. The summed E-state index contributed by atoms with van der Waals surface area (Å²) >= 11 is 0. The van der Waals surface area contributed by atoms with E-state index in [0.717, 1.165) is 11.1 Å². The molecule has 0 saturated carbocycles. The predicted molar refractivity (Wildman–Crippen MR) is 70.3 cm³/mol. The molecule has 0 amide bonds. The second-order valence-electron chi connectivity index (χ2n) is 4.16. The summed E-state index contributed by atoms with van der Waals surface area (Å²) in [4.78, 5) is 11.2. The summed E-state index contributed by atoms with van der Waals surface area (Å²) in [5.41, 5.74) is 5.04. The molecule has 18 heavy (non-hydrogen) atoms. The standard InChI is InChI=1S/C15H15NO2/c17-15(18)14(10-12-6-2-1-3-7-12)16-11-13-8-4-5-9-13/h1-8,14,16H,10-11H2,(H,17,18)/t14-/m0/s1. The number of carboxylic acid groups (broad SMARTS) is 1. The first kappa shape index (κ1) is 12.4. The van der Waals surface area contributed by atoms with Crippen molar-refractivity contribution in [3.63, 3.8) is 0 Å². The molecule has 1 aliphatic rings. The highest BCUT2D eigenvalue weighted by atomic mass is 16.4. The quantitative estimate of drug-likeness (QED) is 0.748. The first-order chi connectivity index (χ1) is 8.75. The number of hydrogen-bond donors (Lipinski definition) is 2. The van der Waals surface area contributed by atoms with Crippen LogP contribution in [-0.4, -0.2) is 23.7 Å². The number of carbonyl (C=O) groups is 1. The van der Waals surface area contributed by atoms with Crippen molar-refractivity contribution in [1.29, 1.82) is 0 Å². The molecule has 0 saturated heterocycles. The summed E-state index contributed by atoms with van der Waals surface area (Å²) in [7, 11) is 0. The number of nitrogens with one attached hydrogen (secondary N) is 1. The van der Waals surface area contributed by atoms with Crippen molar-refractivity contribution in [3.05, 3.63) is 65.4 Å². The molecule has 0 unspecified atom stereocenters. The van der Waals surface area contributed by atoms with Crippen LogP contribution in [0.15, 0.2) is 59.9 Å². The Balaban J connectivity index is 1.94. The maximum atomic E-state index is 11.2. The molecule has 92 valence electrons. The molecule has 0 fully saturated rings. The highest BCUT2D eigenvalue weighted by Crippen LogP contribution is 2.05. The molecule has 0 spiro atoms. The molecule has 2 N–H and O–H groups in total. The lowest BCUT2D eigenvalue weighted by Gasteiger charge is -2.14. The second-order valence-corrected chi connectivity index (χ2v) is 4.16. The summed E-state index contributed by atoms with van der Waals surface area (Å²) in [5.74, 6) is -0.828. The molecule has 0 bridgehead atoms. The zero-order chi connectivity index (χ0) is 12.8. The van der Waals surface area contributed by atoms with E-state index in [1.165, 1.54) is 0 Å². The van der Waals surface area contributed by atoms with Crippen LogP contribution in [0.1, 0.15) is 5.56 Å². The third-order valence-electron chi connectivity index (χ3n) is 2.78. The van der Waals surface area contributed by atoms with Gasteiger partial charge in [0.15, 0.2) is 0 Å². The van der Waals surface area contributed by atoms with Crippen LogP contribution in [0.3, 0.4) is 0 Å². The first-order valence-corrected chi connectivity index (χ1v) is 5.88. The third-order valence-corrected chi connectivity index (χ3v) is 2.78. The molecule has 3 heteroatoms. The van der Waals surface area contributed by atoms with Crippen LogP contribution in [0.5, 0.6) is 0 Å². The smallest absolute Gasteiger partial charge is 0.321 e. The predicted octanol–water partition coefficient (Wildman–Crippen LogP) is 1.92. The van der Waals surface area contributed by atoms with Gasteiger partial charge < -0.3 is 5.11 Å². The van der Waals surface area contributed by atoms with Gasteiger partial charge >= 0.3 is 5.97 Å². The Bertz CT molecular complexity index is 511. The molecule has 1 aromatic carbocycles. The molecule has 2 rings (SSSR count). The molecular weight excluding hydrogens is 226 g/mol. The number of benzene rings is 1. The topological polar surface area (TPSA) is 49.3 Å². The van der Waals surface area contributed by atoms with Gasteiger partial charge in [-0.2, -0.15) is 0 Å². The van der Waals surface area contributed by atoms with Gasteiger partial charge in [0.05, 0.1) is 0 Å². The highest BCUT2D eigenvalue weighted by molar-refractivity contribution is 5.74. The first-order valence-electron chi connectivity index (χ1n) is 5.88. The van der Waals surface area contributed by atoms with Gasteiger partial charge in [0.25, 0.3) is 0 Å². The lowest BCUT2D eigenvalue weighted by Crippen LogP contribution is -2.39. The Morgan fingerprint density at radius 1 is 1.33 bits per heavy atom. The Morgan fingerprint density at radius 3 is 2.72 bits per heavy atom. The van der Waals surface area contributed by atoms with Gasteiger partial charge in [0.2, 0.25) is 0 Å². The fourth-order valence-electron chi connectivity index (χ4n) is 1.81. The highest BCUT2D eigenvalue weighted by Gasteiger charge is 2.17. The largest absolute Gasteiger partial charge is 0.480 e. The molecule has 0 heterocycles. The minimum absolute atomic E-state index is 0.483. The molecule has 0 aliphatic heterocycles. The normalized spacial score (nSPS) is 14.6. The van der Waals surface area contributed by atoms with Crippen LogP contribution in [0.4, 0.5) is 0 Å². The zero-order valence-electron chi connectivity index (χ0n) is 9.97. The number of hydrogen-bond acceptors (Lipinski definition) is 2. The van der Waals surface area contributed by atoms with Gasteiger partial charge in [0.1, 0.15) is 6.04 Å². The molecule has 1 aromatic rings. The molecule has 1 aliphatic carbocycles. The molecule has 3 nitrogen and oxygen atoms in total. The van der Waals surface area contributed by atoms with Crippen molar-refractivity contribution in [2.45, 2.75) is 12.5 Å². The van der Waals surface area contributed by atoms with E-state index in [4.69, 9.17) is 0 Å². The molecule has 0 aromatic heterocycles. The average Bonchev–Trinajstić information content (AvgIpc) is 2.88. The molecule has 0 radical (unpaired) electrons. The van der Waals surface area contributed by atoms with Crippen molar-refractivity contribution >= 4 is 5.97 Å².